The van der Waals surface area contributed by atoms with Crippen molar-refractivity contribution < 1.29 is 0 Å². The van der Waals surface area contributed by atoms with E-state index in [0.717, 1.165) is 12.3 Å². The molecule has 2 aromatic rings. The smallest absolute Gasteiger partial charge is 0.0706 e. The Morgan fingerprint density at radius 3 is 3.00 bits per heavy atom. The summed E-state index contributed by atoms with van der Waals surface area (Å²) >= 11 is 0. The van der Waals surface area contributed by atoms with E-state index in [2.05, 4.69) is 36.6 Å². The molecule has 3 nitrogen and oxygen atoms in total. The molecule has 0 amide bonds. The first-order chi connectivity index (χ1) is 9.28. The lowest BCUT2D eigenvalue weighted by Crippen LogP contribution is -2.32. The van der Waals surface area contributed by atoms with Gasteiger partial charge in [0.2, 0.25) is 0 Å². The van der Waals surface area contributed by atoms with Crippen LogP contribution in [0.2, 0.25) is 0 Å². The van der Waals surface area contributed by atoms with Crippen LogP contribution in [-0.2, 0) is 13.5 Å². The molecule has 1 aliphatic carbocycles. The summed E-state index contributed by atoms with van der Waals surface area (Å²) in [5.74, 6) is 0.782. The highest BCUT2D eigenvalue weighted by Gasteiger charge is 2.22. The summed E-state index contributed by atoms with van der Waals surface area (Å²) in [6, 6.07) is 9.27. The summed E-state index contributed by atoms with van der Waals surface area (Å²) in [6.07, 6.45) is 6.45. The van der Waals surface area contributed by atoms with Crippen LogP contribution in [0.25, 0.3) is 10.9 Å². The Bertz CT molecular complexity index is 558. The zero-order valence-corrected chi connectivity index (χ0v) is 11.9. The second-order valence-corrected chi connectivity index (χ2v) is 5.81. The van der Waals surface area contributed by atoms with Gasteiger partial charge in [-0.2, -0.15) is 5.10 Å². The number of aromatic nitrogens is 2. The van der Waals surface area contributed by atoms with Gasteiger partial charge >= 0.3 is 0 Å². The fourth-order valence-corrected chi connectivity index (χ4v) is 3.45. The summed E-state index contributed by atoms with van der Waals surface area (Å²) in [5, 5.41) is 9.50. The molecule has 1 aromatic heterocycles. The maximum Gasteiger partial charge on any atom is 0.0706 e. The molecule has 0 saturated heterocycles. The van der Waals surface area contributed by atoms with Gasteiger partial charge in [0, 0.05) is 18.5 Å². The molecule has 0 aliphatic heterocycles. The van der Waals surface area contributed by atoms with Gasteiger partial charge in [-0.05, 0) is 44.7 Å². The van der Waals surface area contributed by atoms with Crippen molar-refractivity contribution in [3.05, 3.63) is 30.0 Å². The van der Waals surface area contributed by atoms with Crippen molar-refractivity contribution in [3.8, 4) is 0 Å². The second kappa shape index (κ2) is 5.33. The molecule has 19 heavy (non-hydrogen) atoms. The second-order valence-electron chi connectivity index (χ2n) is 5.81. The van der Waals surface area contributed by atoms with Crippen molar-refractivity contribution in [1.29, 1.82) is 0 Å². The minimum atomic E-state index is 0.703. The van der Waals surface area contributed by atoms with E-state index in [1.165, 1.54) is 42.3 Å². The highest BCUT2D eigenvalue weighted by atomic mass is 15.3. The normalized spacial score (nSPS) is 23.9. The van der Waals surface area contributed by atoms with Crippen molar-refractivity contribution >= 4 is 10.9 Å². The van der Waals surface area contributed by atoms with E-state index < -0.39 is 0 Å². The van der Waals surface area contributed by atoms with Crippen molar-refractivity contribution in [1.82, 2.24) is 15.1 Å². The van der Waals surface area contributed by atoms with Crippen LogP contribution in [0.1, 0.15) is 31.4 Å². The summed E-state index contributed by atoms with van der Waals surface area (Å²) < 4.78 is 2.02. The lowest BCUT2D eigenvalue weighted by atomic mass is 9.83. The zero-order valence-electron chi connectivity index (χ0n) is 11.9. The Kier molecular flexibility index (Phi) is 3.56. The monoisotopic (exact) mass is 257 g/mol. The Hall–Kier alpha value is -1.35. The van der Waals surface area contributed by atoms with Gasteiger partial charge < -0.3 is 5.32 Å². The van der Waals surface area contributed by atoms with E-state index in [-0.39, 0.29) is 0 Å². The number of rotatable bonds is 3. The Balaban J connectivity index is 1.81. The third-order valence-electron chi connectivity index (χ3n) is 4.51. The number of fused-ring (bicyclic) bond motifs is 1. The Morgan fingerprint density at radius 1 is 1.32 bits per heavy atom. The van der Waals surface area contributed by atoms with Crippen molar-refractivity contribution in [3.63, 3.8) is 0 Å². The average Bonchev–Trinajstić information content (AvgIpc) is 2.76. The minimum Gasteiger partial charge on any atom is -0.317 e. The summed E-state index contributed by atoms with van der Waals surface area (Å²) in [7, 11) is 4.13. The Morgan fingerprint density at radius 2 is 2.16 bits per heavy atom. The third kappa shape index (κ3) is 2.52. The predicted octanol–water partition coefficient (Wildman–Crippen LogP) is 2.89. The van der Waals surface area contributed by atoms with Gasteiger partial charge in [-0.15, -0.1) is 0 Å². The predicted molar refractivity (Wildman–Crippen MR) is 79.2 cm³/mol. The van der Waals surface area contributed by atoms with Gasteiger partial charge in [0.25, 0.3) is 0 Å². The molecule has 102 valence electrons. The molecule has 2 atom stereocenters. The molecule has 3 heteroatoms. The van der Waals surface area contributed by atoms with Crippen LogP contribution in [0.5, 0.6) is 0 Å². The van der Waals surface area contributed by atoms with Crippen LogP contribution < -0.4 is 5.32 Å². The fraction of sp³-hybridized carbons (Fsp3) is 0.562. The molecule has 1 fully saturated rings. The summed E-state index contributed by atoms with van der Waals surface area (Å²) in [6.45, 7) is 0. The molecule has 1 heterocycles. The number of nitrogens with one attached hydrogen (secondary N) is 1. The van der Waals surface area contributed by atoms with Crippen molar-refractivity contribution in [2.45, 2.75) is 38.1 Å². The van der Waals surface area contributed by atoms with Crippen LogP contribution in [0.3, 0.4) is 0 Å². The minimum absolute atomic E-state index is 0.703. The largest absolute Gasteiger partial charge is 0.317 e. The highest BCUT2D eigenvalue weighted by molar-refractivity contribution is 5.81. The van der Waals surface area contributed by atoms with Gasteiger partial charge in [0.1, 0.15) is 0 Å². The van der Waals surface area contributed by atoms with Gasteiger partial charge in [-0.25, -0.2) is 0 Å². The van der Waals surface area contributed by atoms with E-state index in [9.17, 15) is 0 Å². The lowest BCUT2D eigenvalue weighted by molar-refractivity contribution is 0.293. The van der Waals surface area contributed by atoms with E-state index in [1.807, 2.05) is 11.7 Å². The number of hydrogen-bond acceptors (Lipinski definition) is 2. The SMILES string of the molecule is CNC1CCCC(Cc2nn(C)c3ccccc23)C1. The van der Waals surface area contributed by atoms with Crippen molar-refractivity contribution in [2.24, 2.45) is 13.0 Å². The molecule has 3 rings (SSSR count). The first-order valence-electron chi connectivity index (χ1n) is 7.36. The van der Waals surface area contributed by atoms with Crippen LogP contribution >= 0.6 is 0 Å². The molecule has 0 spiro atoms. The van der Waals surface area contributed by atoms with Gasteiger partial charge in [-0.1, -0.05) is 24.6 Å². The van der Waals surface area contributed by atoms with E-state index in [1.54, 1.807) is 0 Å². The number of para-hydroxylation sites is 1. The number of hydrogen-bond donors (Lipinski definition) is 1. The molecule has 1 aromatic carbocycles. The maximum atomic E-state index is 4.73. The van der Waals surface area contributed by atoms with Gasteiger partial charge in [0.15, 0.2) is 0 Å². The molecule has 0 radical (unpaired) electrons. The number of aryl methyl sites for hydroxylation is 1. The summed E-state index contributed by atoms with van der Waals surface area (Å²) in [5.41, 5.74) is 2.53. The zero-order chi connectivity index (χ0) is 13.2. The highest BCUT2D eigenvalue weighted by Crippen LogP contribution is 2.29. The van der Waals surface area contributed by atoms with E-state index in [0.29, 0.717) is 6.04 Å². The van der Waals surface area contributed by atoms with Crippen molar-refractivity contribution in [2.75, 3.05) is 7.05 Å². The maximum absolute atomic E-state index is 4.73. The molecule has 1 aliphatic rings. The van der Waals surface area contributed by atoms with Gasteiger partial charge in [0.05, 0.1) is 11.2 Å². The molecule has 0 bridgehead atoms. The quantitative estimate of drug-likeness (QED) is 0.916. The molecular weight excluding hydrogens is 234 g/mol. The standard InChI is InChI=1S/C16H23N3/c1-17-13-7-5-6-12(10-13)11-15-14-8-3-4-9-16(14)19(2)18-15/h3-4,8-9,12-13,17H,5-7,10-11H2,1-2H3. The van der Waals surface area contributed by atoms with Crippen LogP contribution in [0, 0.1) is 5.92 Å². The summed E-state index contributed by atoms with van der Waals surface area (Å²) in [4.78, 5) is 0. The molecule has 2 unspecified atom stereocenters. The average molecular weight is 257 g/mol. The lowest BCUT2D eigenvalue weighted by Gasteiger charge is -2.28. The topological polar surface area (TPSA) is 29.9 Å². The first kappa shape index (κ1) is 12.7. The Labute approximate surface area is 115 Å². The van der Waals surface area contributed by atoms with Crippen LogP contribution in [0.15, 0.2) is 24.3 Å². The molecule has 1 N–H and O–H groups in total. The van der Waals surface area contributed by atoms with E-state index in [4.69, 9.17) is 5.10 Å². The van der Waals surface area contributed by atoms with Crippen LogP contribution in [0.4, 0.5) is 0 Å². The van der Waals surface area contributed by atoms with Gasteiger partial charge in [-0.3, -0.25) is 4.68 Å². The molecule has 1 saturated carbocycles. The fourth-order valence-electron chi connectivity index (χ4n) is 3.45. The van der Waals surface area contributed by atoms with Crippen LogP contribution in [-0.4, -0.2) is 22.9 Å². The number of benzene rings is 1. The third-order valence-corrected chi connectivity index (χ3v) is 4.51. The first-order valence-corrected chi connectivity index (χ1v) is 7.36. The molecular formula is C16H23N3. The van der Waals surface area contributed by atoms with E-state index >= 15 is 0 Å². The number of nitrogens with zero attached hydrogens (tertiary/aromatic N) is 2.